The van der Waals surface area contributed by atoms with Gasteiger partial charge in [0.05, 0.1) is 5.69 Å². The summed E-state index contributed by atoms with van der Waals surface area (Å²) in [5.41, 5.74) is 5.10. The van der Waals surface area contributed by atoms with Gasteiger partial charge in [0.2, 0.25) is 5.88 Å². The van der Waals surface area contributed by atoms with Crippen molar-refractivity contribution < 1.29 is 19.0 Å². The van der Waals surface area contributed by atoms with Crippen molar-refractivity contribution in [2.45, 2.75) is 0 Å². The minimum Gasteiger partial charge on any atom is -0.477 e. The van der Waals surface area contributed by atoms with Crippen LogP contribution in [-0.4, -0.2) is 16.1 Å². The largest absolute Gasteiger partial charge is 0.477 e. The van der Waals surface area contributed by atoms with Crippen LogP contribution in [-0.2, 0) is 0 Å². The first-order chi connectivity index (χ1) is 9.52. The lowest BCUT2D eigenvalue weighted by Crippen LogP contribution is -2.04. The van der Waals surface area contributed by atoms with E-state index in [4.69, 9.17) is 20.8 Å². The summed E-state index contributed by atoms with van der Waals surface area (Å²) in [5, 5.41) is 17.7. The van der Waals surface area contributed by atoms with Crippen molar-refractivity contribution in [3.63, 3.8) is 0 Å². The van der Waals surface area contributed by atoms with E-state index in [9.17, 15) is 9.18 Å². The average Bonchev–Trinajstić information content (AvgIpc) is 2.41. The van der Waals surface area contributed by atoms with Crippen molar-refractivity contribution >= 4 is 11.7 Å². The Balaban J connectivity index is 2.45. The van der Waals surface area contributed by atoms with E-state index in [0.29, 0.717) is 0 Å². The van der Waals surface area contributed by atoms with Gasteiger partial charge in [-0.1, -0.05) is 6.07 Å². The van der Waals surface area contributed by atoms with Crippen molar-refractivity contribution in [2.75, 3.05) is 5.73 Å². The van der Waals surface area contributed by atoms with E-state index in [0.717, 1.165) is 6.07 Å². The number of halogens is 1. The van der Waals surface area contributed by atoms with E-state index in [1.807, 2.05) is 0 Å². The second kappa shape index (κ2) is 5.24. The van der Waals surface area contributed by atoms with Gasteiger partial charge < -0.3 is 15.6 Å². The fourth-order valence-electron chi connectivity index (χ4n) is 1.45. The van der Waals surface area contributed by atoms with Crippen LogP contribution in [0.1, 0.15) is 16.1 Å². The maximum atomic E-state index is 13.4. The molecule has 0 unspecified atom stereocenters. The predicted molar refractivity (Wildman–Crippen MR) is 66.8 cm³/mol. The Morgan fingerprint density at radius 2 is 2.15 bits per heavy atom. The Hall–Kier alpha value is -3.14. The van der Waals surface area contributed by atoms with Crippen molar-refractivity contribution in [1.29, 1.82) is 5.26 Å². The molecule has 0 atom stereocenters. The Morgan fingerprint density at radius 3 is 2.80 bits per heavy atom. The molecule has 6 nitrogen and oxygen atoms in total. The minimum atomic E-state index is -1.26. The number of benzene rings is 1. The lowest BCUT2D eigenvalue weighted by Gasteiger charge is -2.09. The Bertz CT molecular complexity index is 725. The molecule has 2 aromatic rings. The van der Waals surface area contributed by atoms with Crippen molar-refractivity contribution in [3.05, 3.63) is 47.4 Å². The zero-order valence-electron chi connectivity index (χ0n) is 10.0. The molecular weight excluding hydrogens is 265 g/mol. The lowest BCUT2D eigenvalue weighted by atomic mass is 10.2. The third-order valence-electron chi connectivity index (χ3n) is 2.40. The SMILES string of the molecule is N#Cc1c(F)cccc1Oc1nc(C(=O)O)ccc1N. The summed E-state index contributed by atoms with van der Waals surface area (Å²) in [6.45, 7) is 0. The summed E-state index contributed by atoms with van der Waals surface area (Å²) in [6, 6.07) is 7.98. The van der Waals surface area contributed by atoms with Crippen molar-refractivity contribution in [1.82, 2.24) is 4.98 Å². The highest BCUT2D eigenvalue weighted by Crippen LogP contribution is 2.29. The lowest BCUT2D eigenvalue weighted by molar-refractivity contribution is 0.0689. The number of nitriles is 1. The number of nitrogen functional groups attached to an aromatic ring is 1. The Morgan fingerprint density at radius 1 is 1.40 bits per heavy atom. The second-order valence-corrected chi connectivity index (χ2v) is 3.72. The Labute approximate surface area is 112 Å². The van der Waals surface area contributed by atoms with E-state index in [2.05, 4.69) is 4.98 Å². The normalized spacial score (nSPS) is 9.80. The van der Waals surface area contributed by atoms with Crippen LogP contribution in [0.2, 0.25) is 0 Å². The van der Waals surface area contributed by atoms with Crippen LogP contribution in [0.15, 0.2) is 30.3 Å². The highest BCUT2D eigenvalue weighted by molar-refractivity contribution is 5.86. The summed E-state index contributed by atoms with van der Waals surface area (Å²) < 4.78 is 18.7. The summed E-state index contributed by atoms with van der Waals surface area (Å²) in [4.78, 5) is 14.5. The molecule has 3 N–H and O–H groups in total. The van der Waals surface area contributed by atoms with Gasteiger partial charge in [0.1, 0.15) is 23.2 Å². The van der Waals surface area contributed by atoms with Crippen molar-refractivity contribution in [3.8, 4) is 17.7 Å². The number of carboxylic acids is 1. The third-order valence-corrected chi connectivity index (χ3v) is 2.40. The highest BCUT2D eigenvalue weighted by atomic mass is 19.1. The third kappa shape index (κ3) is 2.49. The number of carbonyl (C=O) groups is 1. The van der Waals surface area contributed by atoms with Gasteiger partial charge in [0.15, 0.2) is 5.69 Å². The molecule has 1 aromatic heterocycles. The van der Waals surface area contributed by atoms with E-state index < -0.39 is 11.8 Å². The van der Waals surface area contributed by atoms with Gasteiger partial charge in [0, 0.05) is 0 Å². The molecule has 1 aromatic carbocycles. The van der Waals surface area contributed by atoms with E-state index in [-0.39, 0.29) is 28.6 Å². The smallest absolute Gasteiger partial charge is 0.354 e. The molecule has 1 heterocycles. The zero-order chi connectivity index (χ0) is 14.7. The summed E-state index contributed by atoms with van der Waals surface area (Å²) in [7, 11) is 0. The molecule has 20 heavy (non-hydrogen) atoms. The maximum Gasteiger partial charge on any atom is 0.354 e. The van der Waals surface area contributed by atoms with Crippen LogP contribution in [0.4, 0.5) is 10.1 Å². The van der Waals surface area contributed by atoms with E-state index >= 15 is 0 Å². The molecule has 0 aliphatic heterocycles. The van der Waals surface area contributed by atoms with Crippen LogP contribution in [0.3, 0.4) is 0 Å². The molecule has 0 amide bonds. The van der Waals surface area contributed by atoms with Gasteiger partial charge in [-0.2, -0.15) is 5.26 Å². The molecule has 7 heteroatoms. The number of aromatic carboxylic acids is 1. The average molecular weight is 273 g/mol. The van der Waals surface area contributed by atoms with Crippen LogP contribution in [0.5, 0.6) is 11.6 Å². The highest BCUT2D eigenvalue weighted by Gasteiger charge is 2.14. The molecule has 0 fully saturated rings. The molecule has 0 saturated heterocycles. The summed E-state index contributed by atoms with van der Waals surface area (Å²) in [6.07, 6.45) is 0. The number of pyridine rings is 1. The van der Waals surface area contributed by atoms with Crippen LogP contribution >= 0.6 is 0 Å². The second-order valence-electron chi connectivity index (χ2n) is 3.72. The van der Waals surface area contributed by atoms with Crippen molar-refractivity contribution in [2.24, 2.45) is 0 Å². The number of nitrogens with two attached hydrogens (primary N) is 1. The fraction of sp³-hybridized carbons (Fsp3) is 0. The molecule has 0 bridgehead atoms. The fourth-order valence-corrected chi connectivity index (χ4v) is 1.45. The number of rotatable bonds is 3. The molecule has 100 valence electrons. The standard InChI is InChI=1S/C13H8FN3O3/c14-8-2-1-3-11(7(8)6-15)20-12-9(16)4-5-10(17-12)13(18)19/h1-5H,16H2,(H,18,19). The van der Waals surface area contributed by atoms with Gasteiger partial charge in [-0.15, -0.1) is 0 Å². The summed E-state index contributed by atoms with van der Waals surface area (Å²) >= 11 is 0. The molecule has 0 aliphatic carbocycles. The predicted octanol–water partition coefficient (Wildman–Crippen LogP) is 2.17. The van der Waals surface area contributed by atoms with Crippen LogP contribution in [0.25, 0.3) is 0 Å². The molecule has 2 rings (SSSR count). The maximum absolute atomic E-state index is 13.4. The number of nitrogens with zero attached hydrogens (tertiary/aromatic N) is 2. The van der Waals surface area contributed by atoms with Gasteiger partial charge >= 0.3 is 5.97 Å². The monoisotopic (exact) mass is 273 g/mol. The molecule has 0 radical (unpaired) electrons. The Kier molecular flexibility index (Phi) is 3.48. The first-order valence-electron chi connectivity index (χ1n) is 5.39. The molecule has 0 aliphatic rings. The zero-order valence-corrected chi connectivity index (χ0v) is 10.0. The summed E-state index contributed by atoms with van der Waals surface area (Å²) in [5.74, 6) is -2.30. The first-order valence-corrected chi connectivity index (χ1v) is 5.39. The van der Waals surface area contributed by atoms with E-state index in [1.54, 1.807) is 6.07 Å². The number of carboxylic acid groups (broad SMARTS) is 1. The van der Waals surface area contributed by atoms with Gasteiger partial charge in [-0.05, 0) is 24.3 Å². The number of anilines is 1. The number of hydrogen-bond acceptors (Lipinski definition) is 5. The number of ether oxygens (including phenoxy) is 1. The molecule has 0 spiro atoms. The van der Waals surface area contributed by atoms with Crippen LogP contribution < -0.4 is 10.5 Å². The quantitative estimate of drug-likeness (QED) is 0.886. The minimum absolute atomic E-state index is 0.0724. The van der Waals surface area contributed by atoms with Gasteiger partial charge in [0.25, 0.3) is 0 Å². The van der Waals surface area contributed by atoms with E-state index in [1.165, 1.54) is 24.3 Å². The number of hydrogen-bond donors (Lipinski definition) is 2. The topological polar surface area (TPSA) is 109 Å². The van der Waals surface area contributed by atoms with Crippen LogP contribution in [0, 0.1) is 17.1 Å². The molecule has 0 saturated carbocycles. The first kappa shape index (κ1) is 13.3. The van der Waals surface area contributed by atoms with Gasteiger partial charge in [-0.3, -0.25) is 0 Å². The molecular formula is C13H8FN3O3. The van der Waals surface area contributed by atoms with Gasteiger partial charge in [-0.25, -0.2) is 14.2 Å². The number of aromatic nitrogens is 1.